The van der Waals surface area contributed by atoms with Crippen LogP contribution in [-0.4, -0.2) is 36.6 Å². The maximum atomic E-state index is 12.1. The predicted molar refractivity (Wildman–Crippen MR) is 138 cm³/mol. The summed E-state index contributed by atoms with van der Waals surface area (Å²) in [5.74, 6) is 0.677. The molecule has 0 aliphatic heterocycles. The summed E-state index contributed by atoms with van der Waals surface area (Å²) in [5, 5.41) is 15.5. The molecule has 0 bridgehead atoms. The second kappa shape index (κ2) is 12.9. The highest BCUT2D eigenvalue weighted by atomic mass is 127. The molecule has 0 fully saturated rings. The van der Waals surface area contributed by atoms with Crippen molar-refractivity contribution in [2.24, 2.45) is 4.99 Å². The van der Waals surface area contributed by atoms with Gasteiger partial charge in [-0.25, -0.2) is 4.79 Å². The van der Waals surface area contributed by atoms with Crippen LogP contribution in [-0.2, 0) is 24.4 Å². The molecule has 0 aliphatic rings. The average molecular weight is 549 g/mol. The number of benzene rings is 2. The molecule has 2 N–H and O–H groups in total. The fraction of sp³-hybridized carbons (Fsp3) is 0.375. The SMILES string of the molecule is CN=C(NCc1ccc(CN(C)C(=O)OC(C)(C)C)cc1)NCc1cccc(C#N)c1.I. The highest BCUT2D eigenvalue weighted by molar-refractivity contribution is 14.0. The lowest BCUT2D eigenvalue weighted by molar-refractivity contribution is 0.0285. The lowest BCUT2D eigenvalue weighted by Crippen LogP contribution is -2.36. The van der Waals surface area contributed by atoms with Gasteiger partial charge in [-0.15, -0.1) is 24.0 Å². The van der Waals surface area contributed by atoms with Crippen LogP contribution in [0.5, 0.6) is 0 Å². The minimum Gasteiger partial charge on any atom is -0.444 e. The first-order valence-corrected chi connectivity index (χ1v) is 10.2. The molecule has 2 rings (SSSR count). The molecule has 2 aromatic rings. The number of nitrogens with zero attached hydrogens (tertiary/aromatic N) is 3. The van der Waals surface area contributed by atoms with E-state index in [9.17, 15) is 4.79 Å². The summed E-state index contributed by atoms with van der Waals surface area (Å²) in [7, 11) is 3.45. The Bertz CT molecular complexity index is 946. The Morgan fingerprint density at radius 1 is 1.06 bits per heavy atom. The van der Waals surface area contributed by atoms with Crippen molar-refractivity contribution in [3.8, 4) is 6.07 Å². The second-order valence-corrected chi connectivity index (χ2v) is 8.24. The number of amides is 1. The van der Waals surface area contributed by atoms with Gasteiger partial charge in [-0.3, -0.25) is 4.99 Å². The van der Waals surface area contributed by atoms with Gasteiger partial charge in [0, 0.05) is 33.7 Å². The quantitative estimate of drug-likeness (QED) is 0.317. The number of guanidine groups is 1. The molecule has 0 aliphatic carbocycles. The van der Waals surface area contributed by atoms with Crippen molar-refractivity contribution in [3.63, 3.8) is 0 Å². The molecule has 2 aromatic carbocycles. The van der Waals surface area contributed by atoms with E-state index in [1.807, 2.05) is 63.2 Å². The van der Waals surface area contributed by atoms with E-state index in [1.54, 1.807) is 25.1 Å². The van der Waals surface area contributed by atoms with E-state index in [4.69, 9.17) is 10.00 Å². The third-order valence-electron chi connectivity index (χ3n) is 4.35. The van der Waals surface area contributed by atoms with E-state index in [1.165, 1.54) is 0 Å². The van der Waals surface area contributed by atoms with Crippen LogP contribution in [0, 0.1) is 11.3 Å². The zero-order valence-corrected chi connectivity index (χ0v) is 21.6. The van der Waals surface area contributed by atoms with E-state index in [2.05, 4.69) is 21.7 Å². The van der Waals surface area contributed by atoms with Crippen molar-refractivity contribution in [2.75, 3.05) is 14.1 Å². The van der Waals surface area contributed by atoms with E-state index in [0.29, 0.717) is 31.2 Å². The van der Waals surface area contributed by atoms with Gasteiger partial charge in [-0.05, 0) is 49.6 Å². The van der Waals surface area contributed by atoms with Crippen LogP contribution in [0.4, 0.5) is 4.79 Å². The number of nitriles is 1. The van der Waals surface area contributed by atoms with Gasteiger partial charge in [-0.2, -0.15) is 5.26 Å². The minimum absolute atomic E-state index is 0. The van der Waals surface area contributed by atoms with Gasteiger partial charge in [0.1, 0.15) is 5.60 Å². The molecule has 1 amide bonds. The van der Waals surface area contributed by atoms with E-state index in [0.717, 1.165) is 16.7 Å². The molecular formula is C24H32IN5O2. The first-order valence-electron chi connectivity index (χ1n) is 10.2. The van der Waals surface area contributed by atoms with Gasteiger partial charge in [0.05, 0.1) is 11.6 Å². The largest absolute Gasteiger partial charge is 0.444 e. The molecule has 0 aromatic heterocycles. The van der Waals surface area contributed by atoms with Gasteiger partial charge < -0.3 is 20.3 Å². The number of rotatable bonds is 6. The van der Waals surface area contributed by atoms with Gasteiger partial charge in [0.15, 0.2) is 5.96 Å². The predicted octanol–water partition coefficient (Wildman–Crippen LogP) is 4.41. The molecule has 7 nitrogen and oxygen atoms in total. The summed E-state index contributed by atoms with van der Waals surface area (Å²) in [4.78, 5) is 17.9. The third-order valence-corrected chi connectivity index (χ3v) is 4.35. The molecule has 0 heterocycles. The Kier molecular flexibility index (Phi) is 11.0. The van der Waals surface area contributed by atoms with Crippen LogP contribution in [0.25, 0.3) is 0 Å². The van der Waals surface area contributed by atoms with Crippen molar-refractivity contribution in [1.29, 1.82) is 5.26 Å². The Hall–Kier alpha value is -2.80. The van der Waals surface area contributed by atoms with Crippen molar-refractivity contribution >= 4 is 36.0 Å². The van der Waals surface area contributed by atoms with Crippen molar-refractivity contribution < 1.29 is 9.53 Å². The molecule has 0 unspecified atom stereocenters. The number of nitrogens with one attached hydrogen (secondary N) is 2. The van der Waals surface area contributed by atoms with Gasteiger partial charge >= 0.3 is 6.09 Å². The number of ether oxygens (including phenoxy) is 1. The zero-order chi connectivity index (χ0) is 22.9. The van der Waals surface area contributed by atoms with Crippen LogP contribution >= 0.6 is 24.0 Å². The van der Waals surface area contributed by atoms with E-state index < -0.39 is 5.60 Å². The maximum Gasteiger partial charge on any atom is 0.410 e. The highest BCUT2D eigenvalue weighted by Gasteiger charge is 2.19. The smallest absolute Gasteiger partial charge is 0.410 e. The minimum atomic E-state index is -0.508. The fourth-order valence-electron chi connectivity index (χ4n) is 2.78. The topological polar surface area (TPSA) is 89.8 Å². The molecule has 8 heteroatoms. The van der Waals surface area contributed by atoms with Crippen molar-refractivity contribution in [2.45, 2.75) is 46.0 Å². The monoisotopic (exact) mass is 549 g/mol. The van der Waals surface area contributed by atoms with E-state index in [-0.39, 0.29) is 30.1 Å². The molecule has 32 heavy (non-hydrogen) atoms. The number of hydrogen-bond donors (Lipinski definition) is 2. The summed E-state index contributed by atoms with van der Waals surface area (Å²) in [6.07, 6.45) is -0.339. The number of aliphatic imine (C=N–C) groups is 1. The fourth-order valence-corrected chi connectivity index (χ4v) is 2.78. The Morgan fingerprint density at radius 2 is 1.66 bits per heavy atom. The first-order chi connectivity index (χ1) is 14.7. The van der Waals surface area contributed by atoms with Crippen molar-refractivity contribution in [3.05, 3.63) is 70.8 Å². The molecule has 0 radical (unpaired) electrons. The van der Waals surface area contributed by atoms with Crippen molar-refractivity contribution in [1.82, 2.24) is 15.5 Å². The standard InChI is InChI=1S/C24H31N5O2.HI/c1-24(2,3)31-23(30)29(5)17-19-11-9-18(10-12-19)15-27-22(26-4)28-16-21-8-6-7-20(13-21)14-25;/h6-13H,15-17H2,1-5H3,(H2,26,27,28);1H. The summed E-state index contributed by atoms with van der Waals surface area (Å²) < 4.78 is 5.38. The first kappa shape index (κ1) is 27.2. The van der Waals surface area contributed by atoms with Crippen LogP contribution in [0.1, 0.15) is 43.0 Å². The number of hydrogen-bond acceptors (Lipinski definition) is 4. The Morgan fingerprint density at radius 3 is 2.22 bits per heavy atom. The summed E-state index contributed by atoms with van der Waals surface area (Å²) in [6, 6.07) is 17.7. The van der Waals surface area contributed by atoms with Crippen LogP contribution in [0.15, 0.2) is 53.5 Å². The molecular weight excluding hydrogens is 517 g/mol. The normalized spacial score (nSPS) is 11.1. The molecule has 0 spiro atoms. The van der Waals surface area contributed by atoms with Crippen LogP contribution < -0.4 is 10.6 Å². The lowest BCUT2D eigenvalue weighted by Gasteiger charge is -2.24. The van der Waals surface area contributed by atoms with Gasteiger partial charge in [-0.1, -0.05) is 36.4 Å². The lowest BCUT2D eigenvalue weighted by atomic mass is 10.1. The highest BCUT2D eigenvalue weighted by Crippen LogP contribution is 2.12. The number of carbonyl (C=O) groups is 1. The van der Waals surface area contributed by atoms with Gasteiger partial charge in [0.2, 0.25) is 0 Å². The summed E-state index contributed by atoms with van der Waals surface area (Å²) >= 11 is 0. The Labute approximate surface area is 207 Å². The average Bonchev–Trinajstić information content (AvgIpc) is 2.74. The zero-order valence-electron chi connectivity index (χ0n) is 19.3. The summed E-state index contributed by atoms with van der Waals surface area (Å²) in [5.41, 5.74) is 3.27. The second-order valence-electron chi connectivity index (χ2n) is 8.24. The molecule has 0 saturated carbocycles. The third kappa shape index (κ3) is 9.56. The number of carbonyl (C=O) groups excluding carboxylic acids is 1. The van der Waals surface area contributed by atoms with Crippen LogP contribution in [0.2, 0.25) is 0 Å². The van der Waals surface area contributed by atoms with Crippen LogP contribution in [0.3, 0.4) is 0 Å². The number of halogens is 1. The summed E-state index contributed by atoms with van der Waals surface area (Å²) in [6.45, 7) is 7.23. The Balaban J connectivity index is 0.00000512. The van der Waals surface area contributed by atoms with E-state index >= 15 is 0 Å². The maximum absolute atomic E-state index is 12.1. The molecule has 172 valence electrons. The van der Waals surface area contributed by atoms with Gasteiger partial charge in [0.25, 0.3) is 0 Å². The molecule has 0 atom stereocenters. The molecule has 0 saturated heterocycles.